The summed E-state index contributed by atoms with van der Waals surface area (Å²) in [5.41, 5.74) is 0.659. The zero-order valence-electron chi connectivity index (χ0n) is 14.2. The van der Waals surface area contributed by atoms with Gasteiger partial charge < -0.3 is 10.4 Å². The van der Waals surface area contributed by atoms with E-state index in [1.54, 1.807) is 24.3 Å². The van der Waals surface area contributed by atoms with Crippen molar-refractivity contribution in [3.05, 3.63) is 79.4 Å². The monoisotopic (exact) mass is 453 g/mol. The number of hydrogen-bond donors (Lipinski definition) is 2. The summed E-state index contributed by atoms with van der Waals surface area (Å²) < 4.78 is 0.667. The normalized spacial score (nSPS) is 11.7. The fourth-order valence-electron chi connectivity index (χ4n) is 2.44. The van der Waals surface area contributed by atoms with E-state index in [2.05, 4.69) is 15.6 Å². The van der Waals surface area contributed by atoms with Gasteiger partial charge in [0.05, 0.1) is 16.0 Å². The van der Waals surface area contributed by atoms with Gasteiger partial charge in [0, 0.05) is 5.69 Å². The highest BCUT2D eigenvalue weighted by Gasteiger charge is 2.28. The Hall–Kier alpha value is -3.14. The summed E-state index contributed by atoms with van der Waals surface area (Å²) in [7, 11) is 0. The molecule has 0 aliphatic carbocycles. The average Bonchev–Trinajstić information content (AvgIpc) is 3.11. The fraction of sp³-hybridized carbons (Fsp3) is 0. The number of fused-ring (bicyclic) bond motifs is 1. The minimum absolute atomic E-state index is 0.0449. The molecule has 3 aromatic rings. The third kappa shape index (κ3) is 4.32. The maximum Gasteiger partial charge on any atom is 0.335 e. The van der Waals surface area contributed by atoms with Gasteiger partial charge in [-0.2, -0.15) is 4.68 Å². The van der Waals surface area contributed by atoms with Crippen LogP contribution in [-0.2, 0) is 0 Å². The number of nitrogens with zero attached hydrogens (tertiary/aromatic N) is 4. The van der Waals surface area contributed by atoms with Crippen LogP contribution in [-0.4, -0.2) is 31.0 Å². The first-order chi connectivity index (χ1) is 13.8. The zero-order chi connectivity index (χ0) is 21.1. The predicted molar refractivity (Wildman–Crippen MR) is 109 cm³/mol. The molecule has 0 radical (unpaired) electrons. The van der Waals surface area contributed by atoms with Crippen LogP contribution in [0.1, 0.15) is 10.4 Å². The molecule has 0 atom stereocenters. The lowest BCUT2D eigenvalue weighted by molar-refractivity contribution is -0.419. The van der Waals surface area contributed by atoms with Gasteiger partial charge in [0.2, 0.25) is 5.82 Å². The van der Waals surface area contributed by atoms with Crippen molar-refractivity contribution in [3.63, 3.8) is 0 Å². The van der Waals surface area contributed by atoms with Crippen LogP contribution in [0.2, 0.25) is 0 Å². The van der Waals surface area contributed by atoms with Gasteiger partial charge in [-0.1, -0.05) is 52.1 Å². The molecule has 0 spiro atoms. The molecule has 0 aliphatic heterocycles. The molecule has 12 heteroatoms. The Morgan fingerprint density at radius 2 is 1.76 bits per heavy atom. The minimum Gasteiger partial charge on any atom is -0.478 e. The maximum atomic E-state index is 11.8. The van der Waals surface area contributed by atoms with Crippen LogP contribution in [0.5, 0.6) is 0 Å². The van der Waals surface area contributed by atoms with Crippen molar-refractivity contribution in [1.29, 1.82) is 0 Å². The average molecular weight is 455 g/mol. The first-order valence-corrected chi connectivity index (χ1v) is 8.94. The van der Waals surface area contributed by atoms with Crippen LogP contribution in [0.4, 0.5) is 5.69 Å². The van der Waals surface area contributed by atoms with Crippen molar-refractivity contribution in [2.24, 2.45) is 0 Å². The summed E-state index contributed by atoms with van der Waals surface area (Å²) in [6.45, 7) is 0. The number of benzene rings is 2. The van der Waals surface area contributed by atoms with Crippen molar-refractivity contribution in [2.75, 3.05) is 5.32 Å². The van der Waals surface area contributed by atoms with Crippen LogP contribution in [0.3, 0.4) is 0 Å². The summed E-state index contributed by atoms with van der Waals surface area (Å²) >= 11 is 17.4. The summed E-state index contributed by atoms with van der Waals surface area (Å²) in [5, 5.41) is 31.1. The Labute approximate surface area is 177 Å². The standard InChI is InChI=1S/C17H10Cl3N5O4/c18-13(15(19)20)14(25(28)29)16(21-10-7-5-9(6-8-10)17(26)27)24-12-4-2-1-3-11(12)22-23-24/h1-8,21H,(H,26,27)/b16-14+. The second-order valence-electron chi connectivity index (χ2n) is 5.53. The quantitative estimate of drug-likeness (QED) is 0.318. The number of rotatable bonds is 6. The van der Waals surface area contributed by atoms with E-state index in [1.807, 2.05) is 0 Å². The summed E-state index contributed by atoms with van der Waals surface area (Å²) in [6.07, 6.45) is 0. The van der Waals surface area contributed by atoms with Crippen molar-refractivity contribution in [2.45, 2.75) is 0 Å². The van der Waals surface area contributed by atoms with Crippen LogP contribution in [0.15, 0.2) is 63.8 Å². The van der Waals surface area contributed by atoms with Gasteiger partial charge in [-0.3, -0.25) is 10.1 Å². The molecule has 0 saturated carbocycles. The highest BCUT2D eigenvalue weighted by atomic mass is 35.5. The third-order valence-corrected chi connectivity index (χ3v) is 4.68. The molecule has 0 unspecified atom stereocenters. The Morgan fingerprint density at radius 1 is 1.10 bits per heavy atom. The topological polar surface area (TPSA) is 123 Å². The SMILES string of the molecule is O=C(O)c1ccc(N/C(=C(/C(Cl)=C(Cl)Cl)[N+](=O)[O-])n2nnc3ccccc32)cc1. The molecular formula is C17H10Cl3N5O4. The van der Waals surface area contributed by atoms with Crippen LogP contribution in [0, 0.1) is 10.1 Å². The Balaban J connectivity index is 2.23. The smallest absolute Gasteiger partial charge is 0.335 e. The van der Waals surface area contributed by atoms with Gasteiger partial charge in [0.15, 0.2) is 5.03 Å². The van der Waals surface area contributed by atoms with Crippen LogP contribution >= 0.6 is 34.8 Å². The van der Waals surface area contributed by atoms with E-state index < -0.39 is 26.1 Å². The molecule has 2 aromatic carbocycles. The van der Waals surface area contributed by atoms with Gasteiger partial charge in [-0.25, -0.2) is 4.79 Å². The first kappa shape index (κ1) is 20.6. The third-order valence-electron chi connectivity index (χ3n) is 3.74. The van der Waals surface area contributed by atoms with Crippen molar-refractivity contribution >= 4 is 63.3 Å². The van der Waals surface area contributed by atoms with Crippen LogP contribution in [0.25, 0.3) is 16.9 Å². The first-order valence-electron chi connectivity index (χ1n) is 7.80. The van der Waals surface area contributed by atoms with Gasteiger partial charge in [0.25, 0.3) is 0 Å². The second kappa shape index (κ2) is 8.48. The summed E-state index contributed by atoms with van der Waals surface area (Å²) in [5.74, 6) is -1.30. The number of carboxylic acids is 1. The van der Waals surface area contributed by atoms with E-state index in [1.165, 1.54) is 28.9 Å². The largest absolute Gasteiger partial charge is 0.478 e. The molecule has 2 N–H and O–H groups in total. The lowest BCUT2D eigenvalue weighted by atomic mass is 10.2. The van der Waals surface area contributed by atoms with Gasteiger partial charge in [-0.05, 0) is 36.4 Å². The second-order valence-corrected chi connectivity index (χ2v) is 6.85. The fourth-order valence-corrected chi connectivity index (χ4v) is 2.78. The number of halogens is 3. The number of nitro groups is 1. The molecule has 1 aromatic heterocycles. The number of nitrogens with one attached hydrogen (secondary N) is 1. The lowest BCUT2D eigenvalue weighted by Crippen LogP contribution is -2.16. The molecule has 0 bridgehead atoms. The van der Waals surface area contributed by atoms with Crippen LogP contribution < -0.4 is 5.32 Å². The van der Waals surface area contributed by atoms with Gasteiger partial charge in [-0.15, -0.1) is 5.10 Å². The maximum absolute atomic E-state index is 11.8. The predicted octanol–water partition coefficient (Wildman–Crippen LogP) is 4.53. The van der Waals surface area contributed by atoms with E-state index in [0.29, 0.717) is 16.7 Å². The van der Waals surface area contributed by atoms with Gasteiger partial charge >= 0.3 is 11.7 Å². The Bertz CT molecular complexity index is 1170. The molecule has 0 saturated heterocycles. The highest BCUT2D eigenvalue weighted by molar-refractivity contribution is 6.59. The van der Waals surface area contributed by atoms with Gasteiger partial charge in [0.1, 0.15) is 10.0 Å². The molecule has 0 fully saturated rings. The molecule has 3 rings (SSSR count). The molecule has 29 heavy (non-hydrogen) atoms. The number of carbonyl (C=O) groups is 1. The molecule has 0 aliphatic rings. The van der Waals surface area contributed by atoms with Crippen molar-refractivity contribution in [1.82, 2.24) is 15.0 Å². The Morgan fingerprint density at radius 3 is 2.34 bits per heavy atom. The number of aromatic nitrogens is 3. The molecular weight excluding hydrogens is 445 g/mol. The van der Waals surface area contributed by atoms with E-state index in [9.17, 15) is 14.9 Å². The van der Waals surface area contributed by atoms with E-state index in [-0.39, 0.29) is 11.4 Å². The van der Waals surface area contributed by atoms with Crippen molar-refractivity contribution in [3.8, 4) is 0 Å². The summed E-state index contributed by atoms with van der Waals surface area (Å²) in [4.78, 5) is 22.1. The lowest BCUT2D eigenvalue weighted by Gasteiger charge is -2.12. The zero-order valence-corrected chi connectivity index (χ0v) is 16.5. The van der Waals surface area contributed by atoms with E-state index in [4.69, 9.17) is 39.9 Å². The Kier molecular flexibility index (Phi) is 6.02. The number of para-hydroxylation sites is 1. The van der Waals surface area contributed by atoms with E-state index >= 15 is 0 Å². The van der Waals surface area contributed by atoms with Crippen molar-refractivity contribution < 1.29 is 14.8 Å². The molecule has 1 heterocycles. The number of aromatic carboxylic acids is 1. The number of allylic oxidation sites excluding steroid dienone is 1. The highest BCUT2D eigenvalue weighted by Crippen LogP contribution is 2.31. The number of hydrogen-bond acceptors (Lipinski definition) is 6. The molecule has 148 valence electrons. The molecule has 0 amide bonds. The number of carboxylic acid groups (broad SMARTS) is 1. The minimum atomic E-state index is -1.11. The number of anilines is 1. The molecule has 9 nitrogen and oxygen atoms in total. The van der Waals surface area contributed by atoms with E-state index in [0.717, 1.165) is 0 Å². The summed E-state index contributed by atoms with van der Waals surface area (Å²) in [6, 6.07) is 12.3.